The summed E-state index contributed by atoms with van der Waals surface area (Å²) >= 11 is 1.61. The molecule has 0 saturated carbocycles. The number of benzene rings is 2. The van der Waals surface area contributed by atoms with E-state index in [9.17, 15) is 9.59 Å². The largest absolute Gasteiger partial charge is 0.486 e. The average Bonchev–Trinajstić information content (AvgIpc) is 3.74. The number of thiazole rings is 1. The van der Waals surface area contributed by atoms with Crippen molar-refractivity contribution in [3.63, 3.8) is 0 Å². The van der Waals surface area contributed by atoms with Crippen molar-refractivity contribution >= 4 is 44.3 Å². The van der Waals surface area contributed by atoms with Crippen LogP contribution in [-0.4, -0.2) is 72.8 Å². The Balaban J connectivity index is 1.16. The standard InChI is InChI=1S/C31H31N7O3S/c39-30(36-13-4-1-5-14-36)24-19-27(31(40)37-15-10-21(11-16-37)38-17-12-32-35-38)33-25-9-8-22(18-23(24)25)41-20-29-34-26-6-2-3-7-28(26)42-29/h2-3,6-9,12,17-19,21H,1,4-5,10-11,13-16,20H2. The molecule has 0 radical (unpaired) electrons. The second-order valence-electron chi connectivity index (χ2n) is 10.9. The number of hydrogen-bond donors (Lipinski definition) is 0. The van der Waals surface area contributed by atoms with Crippen molar-refractivity contribution in [2.75, 3.05) is 26.2 Å². The van der Waals surface area contributed by atoms with E-state index in [0.717, 1.165) is 60.4 Å². The highest BCUT2D eigenvalue weighted by Crippen LogP contribution is 2.29. The van der Waals surface area contributed by atoms with E-state index in [1.54, 1.807) is 23.6 Å². The Morgan fingerprint density at radius 3 is 2.48 bits per heavy atom. The number of piperidine rings is 2. The van der Waals surface area contributed by atoms with Gasteiger partial charge in [-0.15, -0.1) is 16.4 Å². The highest BCUT2D eigenvalue weighted by atomic mass is 32.1. The quantitative estimate of drug-likeness (QED) is 0.274. The Kier molecular flexibility index (Phi) is 7.25. The van der Waals surface area contributed by atoms with Crippen molar-refractivity contribution in [2.45, 2.75) is 44.8 Å². The monoisotopic (exact) mass is 581 g/mol. The number of carbonyl (C=O) groups is 2. The molecule has 0 bridgehead atoms. The Hall–Kier alpha value is -4.38. The lowest BCUT2D eigenvalue weighted by atomic mass is 10.0. The molecule has 10 nitrogen and oxygen atoms in total. The van der Waals surface area contributed by atoms with Gasteiger partial charge < -0.3 is 14.5 Å². The number of nitrogens with zero attached hydrogens (tertiary/aromatic N) is 7. The summed E-state index contributed by atoms with van der Waals surface area (Å²) in [6.45, 7) is 2.95. The van der Waals surface area contributed by atoms with Crippen molar-refractivity contribution in [3.8, 4) is 5.75 Å². The number of ether oxygens (including phenoxy) is 1. The van der Waals surface area contributed by atoms with Crippen LogP contribution in [0.5, 0.6) is 5.75 Å². The number of amides is 2. The maximum Gasteiger partial charge on any atom is 0.272 e. The van der Waals surface area contributed by atoms with Crippen LogP contribution in [0.4, 0.5) is 0 Å². The second kappa shape index (κ2) is 11.5. The molecule has 0 unspecified atom stereocenters. The molecule has 5 heterocycles. The zero-order chi connectivity index (χ0) is 28.5. The number of fused-ring (bicyclic) bond motifs is 2. The number of para-hydroxylation sites is 1. The maximum absolute atomic E-state index is 13.8. The van der Waals surface area contributed by atoms with Gasteiger partial charge in [-0.25, -0.2) is 14.6 Å². The molecule has 0 spiro atoms. The lowest BCUT2D eigenvalue weighted by molar-refractivity contribution is 0.0683. The predicted octanol–water partition coefficient (Wildman–Crippen LogP) is 5.12. The molecular weight excluding hydrogens is 550 g/mol. The van der Waals surface area contributed by atoms with Gasteiger partial charge in [0.2, 0.25) is 0 Å². The minimum Gasteiger partial charge on any atom is -0.486 e. The minimum absolute atomic E-state index is 0.0654. The third-order valence-corrected chi connectivity index (χ3v) is 9.15. The van der Waals surface area contributed by atoms with Gasteiger partial charge in [0.1, 0.15) is 23.1 Å². The molecule has 2 fully saturated rings. The lowest BCUT2D eigenvalue weighted by Gasteiger charge is -2.32. The van der Waals surface area contributed by atoms with Crippen LogP contribution in [0.1, 0.15) is 64.0 Å². The Morgan fingerprint density at radius 1 is 0.881 bits per heavy atom. The predicted molar refractivity (Wildman–Crippen MR) is 160 cm³/mol. The first-order valence-corrected chi connectivity index (χ1v) is 15.3. The normalized spacial score (nSPS) is 16.3. The average molecular weight is 582 g/mol. The molecule has 214 valence electrons. The molecule has 2 aliphatic rings. The van der Waals surface area contributed by atoms with E-state index >= 15 is 0 Å². The molecule has 11 heteroatoms. The second-order valence-corrected chi connectivity index (χ2v) is 12.0. The van der Waals surface area contributed by atoms with E-state index in [4.69, 9.17) is 9.72 Å². The first kappa shape index (κ1) is 26.5. The van der Waals surface area contributed by atoms with Gasteiger partial charge in [-0.3, -0.25) is 9.59 Å². The van der Waals surface area contributed by atoms with Crippen LogP contribution in [0.3, 0.4) is 0 Å². The molecule has 0 atom stereocenters. The van der Waals surface area contributed by atoms with Crippen molar-refractivity contribution < 1.29 is 14.3 Å². The summed E-state index contributed by atoms with van der Waals surface area (Å²) in [5, 5.41) is 9.60. The maximum atomic E-state index is 13.8. The van der Waals surface area contributed by atoms with Crippen LogP contribution in [0.25, 0.3) is 21.1 Å². The zero-order valence-electron chi connectivity index (χ0n) is 23.2. The van der Waals surface area contributed by atoms with Gasteiger partial charge in [-0.1, -0.05) is 17.3 Å². The van der Waals surface area contributed by atoms with Crippen LogP contribution in [0.2, 0.25) is 0 Å². The number of likely N-dealkylation sites (tertiary alicyclic amines) is 2. The highest BCUT2D eigenvalue weighted by Gasteiger charge is 2.28. The number of hydrogen-bond acceptors (Lipinski definition) is 8. The van der Waals surface area contributed by atoms with Crippen LogP contribution in [0, 0.1) is 0 Å². The van der Waals surface area contributed by atoms with E-state index in [1.807, 2.05) is 57.1 Å². The molecule has 42 heavy (non-hydrogen) atoms. The van der Waals surface area contributed by atoms with Gasteiger partial charge in [-0.2, -0.15) is 0 Å². The van der Waals surface area contributed by atoms with Crippen LogP contribution >= 0.6 is 11.3 Å². The Morgan fingerprint density at radius 2 is 1.69 bits per heavy atom. The number of rotatable bonds is 6. The van der Waals surface area contributed by atoms with Gasteiger partial charge in [0.25, 0.3) is 11.8 Å². The fourth-order valence-corrected chi connectivity index (χ4v) is 6.76. The molecule has 0 aliphatic carbocycles. The van der Waals surface area contributed by atoms with E-state index in [1.165, 1.54) is 0 Å². The van der Waals surface area contributed by atoms with E-state index in [0.29, 0.717) is 47.6 Å². The lowest BCUT2D eigenvalue weighted by Crippen LogP contribution is -2.40. The Bertz CT molecular complexity index is 1710. The summed E-state index contributed by atoms with van der Waals surface area (Å²) in [6.07, 6.45) is 8.21. The summed E-state index contributed by atoms with van der Waals surface area (Å²) in [4.78, 5) is 40.6. The zero-order valence-corrected chi connectivity index (χ0v) is 24.0. The Labute approximate surface area is 246 Å². The third-order valence-electron chi connectivity index (χ3n) is 8.14. The van der Waals surface area contributed by atoms with Crippen molar-refractivity contribution in [1.82, 2.24) is 34.8 Å². The van der Waals surface area contributed by atoms with Crippen molar-refractivity contribution in [3.05, 3.63) is 77.2 Å². The summed E-state index contributed by atoms with van der Waals surface area (Å²) in [7, 11) is 0. The molecular formula is C31H31N7O3S. The molecule has 2 saturated heterocycles. The van der Waals surface area contributed by atoms with E-state index < -0.39 is 0 Å². The van der Waals surface area contributed by atoms with Gasteiger partial charge >= 0.3 is 0 Å². The van der Waals surface area contributed by atoms with Crippen LogP contribution in [0.15, 0.2) is 60.9 Å². The summed E-state index contributed by atoms with van der Waals surface area (Å²) in [5.74, 6) is 0.410. The molecule has 0 N–H and O–H groups in total. The van der Waals surface area contributed by atoms with Gasteiger partial charge in [0.05, 0.1) is 33.5 Å². The molecule has 3 aromatic heterocycles. The molecule has 7 rings (SSSR count). The molecule has 2 amide bonds. The SMILES string of the molecule is O=C(c1cc(C(=O)N2CCCCC2)c2cc(OCc3nc4ccccc4s3)ccc2n1)N1CCC(n2ccnn2)CC1. The summed E-state index contributed by atoms with van der Waals surface area (Å²) < 4.78 is 9.11. The highest BCUT2D eigenvalue weighted by molar-refractivity contribution is 7.18. The van der Waals surface area contributed by atoms with Crippen LogP contribution in [-0.2, 0) is 6.61 Å². The summed E-state index contributed by atoms with van der Waals surface area (Å²) in [5.41, 5.74) is 2.35. The minimum atomic E-state index is -0.155. The topological polar surface area (TPSA) is 106 Å². The molecule has 2 aliphatic heterocycles. The van der Waals surface area contributed by atoms with Crippen molar-refractivity contribution in [2.24, 2.45) is 0 Å². The number of aromatic nitrogens is 5. The molecule has 5 aromatic rings. The fraction of sp³-hybridized carbons (Fsp3) is 0.355. The first-order valence-electron chi connectivity index (χ1n) is 14.5. The van der Waals surface area contributed by atoms with Crippen molar-refractivity contribution in [1.29, 1.82) is 0 Å². The van der Waals surface area contributed by atoms with Gasteiger partial charge in [0, 0.05) is 37.8 Å². The smallest absolute Gasteiger partial charge is 0.272 e. The number of carbonyl (C=O) groups excluding carboxylic acids is 2. The summed E-state index contributed by atoms with van der Waals surface area (Å²) in [6, 6.07) is 15.5. The number of pyridine rings is 1. The van der Waals surface area contributed by atoms with E-state index in [2.05, 4.69) is 21.4 Å². The van der Waals surface area contributed by atoms with Crippen LogP contribution < -0.4 is 4.74 Å². The van der Waals surface area contributed by atoms with E-state index in [-0.39, 0.29) is 17.9 Å². The fourth-order valence-electron chi connectivity index (χ4n) is 5.88. The first-order chi connectivity index (χ1) is 20.6. The van der Waals surface area contributed by atoms with Gasteiger partial charge in [0.15, 0.2) is 0 Å². The third kappa shape index (κ3) is 5.32. The van der Waals surface area contributed by atoms with Gasteiger partial charge in [-0.05, 0) is 68.5 Å². The molecule has 2 aromatic carbocycles.